The van der Waals surface area contributed by atoms with E-state index >= 15 is 0 Å². The Morgan fingerprint density at radius 3 is 2.57 bits per heavy atom. The minimum atomic E-state index is -0.748. The van der Waals surface area contributed by atoms with Crippen molar-refractivity contribution in [2.24, 2.45) is 0 Å². The summed E-state index contributed by atoms with van der Waals surface area (Å²) in [5.74, 6) is -1.32. The summed E-state index contributed by atoms with van der Waals surface area (Å²) in [5.41, 5.74) is 0.759. The molecule has 2 rings (SSSR count). The van der Waals surface area contributed by atoms with Crippen LogP contribution in [0.25, 0.3) is 0 Å². The summed E-state index contributed by atoms with van der Waals surface area (Å²) in [6, 6.07) is 13.5. The lowest BCUT2D eigenvalue weighted by Gasteiger charge is -2.13. The van der Waals surface area contributed by atoms with Gasteiger partial charge >= 0.3 is 0 Å². The van der Waals surface area contributed by atoms with E-state index in [1.54, 1.807) is 0 Å². The Morgan fingerprint density at radius 1 is 1.19 bits per heavy atom. The molecule has 1 amide bonds. The normalized spacial score (nSPS) is 12.0. The van der Waals surface area contributed by atoms with Crippen molar-refractivity contribution in [1.82, 2.24) is 5.32 Å². The molecule has 0 aliphatic heterocycles. The van der Waals surface area contributed by atoms with E-state index in [4.69, 9.17) is 11.6 Å². The van der Waals surface area contributed by atoms with Crippen LogP contribution >= 0.6 is 11.6 Å². The Morgan fingerprint density at radius 2 is 1.90 bits per heavy atom. The molecule has 1 atom stereocenters. The molecule has 0 aliphatic carbocycles. The first-order valence-corrected chi connectivity index (χ1v) is 6.90. The highest BCUT2D eigenvalue weighted by molar-refractivity contribution is 6.33. The van der Waals surface area contributed by atoms with Gasteiger partial charge in [-0.2, -0.15) is 0 Å². The predicted octanol–water partition coefficient (Wildman–Crippen LogP) is 2.81. The Hall–Kier alpha value is -1.91. The maximum Gasteiger partial charge on any atom is 0.255 e. The lowest BCUT2D eigenvalue weighted by molar-refractivity contribution is 0.0912. The molecule has 0 heterocycles. The molecule has 0 fully saturated rings. The van der Waals surface area contributed by atoms with Gasteiger partial charge in [0.2, 0.25) is 0 Å². The third-order valence-corrected chi connectivity index (χ3v) is 3.32. The van der Waals surface area contributed by atoms with Gasteiger partial charge in [0.05, 0.1) is 16.7 Å². The lowest BCUT2D eigenvalue weighted by atomic mass is 10.1. The van der Waals surface area contributed by atoms with Crippen molar-refractivity contribution in [2.45, 2.75) is 12.5 Å². The second kappa shape index (κ2) is 7.20. The molecule has 3 nitrogen and oxygen atoms in total. The third-order valence-electron chi connectivity index (χ3n) is 3.00. The zero-order valence-corrected chi connectivity index (χ0v) is 12.0. The number of hydrogen-bond donors (Lipinski definition) is 2. The highest BCUT2D eigenvalue weighted by Gasteiger charge is 2.16. The van der Waals surface area contributed by atoms with Crippen molar-refractivity contribution in [3.8, 4) is 0 Å². The predicted molar refractivity (Wildman–Crippen MR) is 79.9 cm³/mol. The van der Waals surface area contributed by atoms with Crippen molar-refractivity contribution in [1.29, 1.82) is 0 Å². The molecule has 2 N–H and O–H groups in total. The maximum atomic E-state index is 13.6. The minimum Gasteiger partial charge on any atom is -0.391 e. The summed E-state index contributed by atoms with van der Waals surface area (Å²) in [5, 5.41) is 12.4. The van der Waals surface area contributed by atoms with E-state index in [1.807, 2.05) is 30.3 Å². The molecule has 2 aromatic rings. The molecule has 21 heavy (non-hydrogen) atoms. The Balaban J connectivity index is 1.92. The van der Waals surface area contributed by atoms with Crippen molar-refractivity contribution in [3.63, 3.8) is 0 Å². The lowest BCUT2D eigenvalue weighted by Crippen LogP contribution is -2.33. The molecule has 0 aliphatic rings. The van der Waals surface area contributed by atoms with E-state index in [0.717, 1.165) is 5.56 Å². The maximum absolute atomic E-state index is 13.6. The fourth-order valence-electron chi connectivity index (χ4n) is 1.97. The zero-order chi connectivity index (χ0) is 15.2. The highest BCUT2D eigenvalue weighted by atomic mass is 35.5. The van der Waals surface area contributed by atoms with Gasteiger partial charge in [-0.25, -0.2) is 4.39 Å². The van der Waals surface area contributed by atoms with Crippen molar-refractivity contribution >= 4 is 17.5 Å². The number of hydrogen-bond acceptors (Lipinski definition) is 2. The van der Waals surface area contributed by atoms with Gasteiger partial charge in [-0.15, -0.1) is 0 Å². The van der Waals surface area contributed by atoms with Crippen molar-refractivity contribution in [2.75, 3.05) is 6.54 Å². The zero-order valence-electron chi connectivity index (χ0n) is 11.2. The second-order valence-corrected chi connectivity index (χ2v) is 5.06. The minimum absolute atomic E-state index is 0.0262. The second-order valence-electron chi connectivity index (χ2n) is 4.65. The molecule has 0 radical (unpaired) electrons. The number of aliphatic hydroxyl groups is 1. The first kappa shape index (κ1) is 15.5. The van der Waals surface area contributed by atoms with Gasteiger partial charge in [0.15, 0.2) is 0 Å². The molecule has 2 aromatic carbocycles. The summed E-state index contributed by atoms with van der Waals surface area (Å²) < 4.78 is 13.6. The fourth-order valence-corrected chi connectivity index (χ4v) is 2.22. The average molecular weight is 308 g/mol. The Bertz CT molecular complexity index is 599. The van der Waals surface area contributed by atoms with Gasteiger partial charge in [0.1, 0.15) is 5.82 Å². The van der Waals surface area contributed by atoms with E-state index in [9.17, 15) is 14.3 Å². The van der Waals surface area contributed by atoms with Gasteiger partial charge in [-0.3, -0.25) is 4.79 Å². The number of benzene rings is 2. The molecule has 5 heteroatoms. The summed E-state index contributed by atoms with van der Waals surface area (Å²) in [6.07, 6.45) is -0.339. The van der Waals surface area contributed by atoms with Crippen LogP contribution in [0.1, 0.15) is 15.9 Å². The van der Waals surface area contributed by atoms with Crippen LogP contribution in [0.2, 0.25) is 5.02 Å². The topological polar surface area (TPSA) is 49.3 Å². The first-order valence-electron chi connectivity index (χ1n) is 6.52. The number of nitrogens with one attached hydrogen (secondary N) is 1. The Labute approximate surface area is 127 Å². The van der Waals surface area contributed by atoms with Crippen LogP contribution in [-0.2, 0) is 6.42 Å². The molecular weight excluding hydrogens is 293 g/mol. The van der Waals surface area contributed by atoms with E-state index in [1.165, 1.54) is 18.2 Å². The van der Waals surface area contributed by atoms with E-state index < -0.39 is 17.8 Å². The summed E-state index contributed by atoms with van der Waals surface area (Å²) >= 11 is 5.81. The van der Waals surface area contributed by atoms with Gasteiger partial charge in [0.25, 0.3) is 5.91 Å². The summed E-state index contributed by atoms with van der Waals surface area (Å²) in [7, 11) is 0. The van der Waals surface area contributed by atoms with Crippen LogP contribution in [0.3, 0.4) is 0 Å². The molecule has 0 saturated carbocycles. The van der Waals surface area contributed by atoms with E-state index in [2.05, 4.69) is 5.32 Å². The number of carbonyl (C=O) groups is 1. The van der Waals surface area contributed by atoms with Crippen LogP contribution in [0.15, 0.2) is 48.5 Å². The third kappa shape index (κ3) is 4.28. The average Bonchev–Trinajstić information content (AvgIpc) is 2.46. The SMILES string of the molecule is O=C(NC[C@@H](O)Cc1ccccc1)c1c(F)cccc1Cl. The number of rotatable bonds is 5. The van der Waals surface area contributed by atoms with Gasteiger partial charge in [-0.05, 0) is 17.7 Å². The number of carbonyl (C=O) groups excluding carboxylic acids is 1. The fraction of sp³-hybridized carbons (Fsp3) is 0.188. The summed E-state index contributed by atoms with van der Waals surface area (Å²) in [4.78, 5) is 11.9. The quantitative estimate of drug-likeness (QED) is 0.892. The number of halogens is 2. The van der Waals surface area contributed by atoms with Crippen molar-refractivity contribution in [3.05, 3.63) is 70.5 Å². The molecular formula is C16H15ClFNO2. The largest absolute Gasteiger partial charge is 0.391 e. The highest BCUT2D eigenvalue weighted by Crippen LogP contribution is 2.18. The molecule has 0 saturated heterocycles. The van der Waals surface area contributed by atoms with Crippen LogP contribution in [0.4, 0.5) is 4.39 Å². The van der Waals surface area contributed by atoms with Gasteiger partial charge < -0.3 is 10.4 Å². The molecule has 0 unspecified atom stereocenters. The molecule has 0 spiro atoms. The molecule has 0 aromatic heterocycles. The monoisotopic (exact) mass is 307 g/mol. The Kier molecular flexibility index (Phi) is 5.31. The number of amides is 1. The molecule has 110 valence electrons. The molecule has 0 bridgehead atoms. The van der Waals surface area contributed by atoms with Gasteiger partial charge in [0, 0.05) is 13.0 Å². The standard InChI is InChI=1S/C16H15ClFNO2/c17-13-7-4-8-14(18)15(13)16(21)19-10-12(20)9-11-5-2-1-3-6-11/h1-8,12,20H,9-10H2,(H,19,21)/t12-/m0/s1. The van der Waals surface area contributed by atoms with Crippen LogP contribution < -0.4 is 5.32 Å². The smallest absolute Gasteiger partial charge is 0.255 e. The number of aliphatic hydroxyl groups excluding tert-OH is 1. The van der Waals surface area contributed by atoms with Crippen LogP contribution in [0.5, 0.6) is 0 Å². The van der Waals surface area contributed by atoms with Crippen molar-refractivity contribution < 1.29 is 14.3 Å². The van der Waals surface area contributed by atoms with E-state index in [0.29, 0.717) is 6.42 Å². The first-order chi connectivity index (χ1) is 10.1. The summed E-state index contributed by atoms with van der Waals surface area (Å²) in [6.45, 7) is 0.0262. The van der Waals surface area contributed by atoms with E-state index in [-0.39, 0.29) is 17.1 Å². The van der Waals surface area contributed by atoms with Gasteiger partial charge in [-0.1, -0.05) is 48.0 Å². The van der Waals surface area contributed by atoms with Crippen LogP contribution in [0, 0.1) is 5.82 Å². The van der Waals surface area contributed by atoms with Crippen LogP contribution in [-0.4, -0.2) is 23.7 Å².